The Morgan fingerprint density at radius 1 is 0.850 bits per heavy atom. The van der Waals surface area contributed by atoms with E-state index in [1.807, 2.05) is 0 Å². The Morgan fingerprint density at radius 2 is 1.25 bits per heavy atom. The molecule has 0 aliphatic heterocycles. The lowest BCUT2D eigenvalue weighted by atomic mass is 9.99. The van der Waals surface area contributed by atoms with Crippen LogP contribution in [0.2, 0.25) is 0 Å². The third kappa shape index (κ3) is 14.5. The van der Waals surface area contributed by atoms with Gasteiger partial charge in [0, 0.05) is 0 Å². The van der Waals surface area contributed by atoms with Gasteiger partial charge in [0.25, 0.3) is 0 Å². The van der Waals surface area contributed by atoms with Crippen molar-refractivity contribution in [3.8, 4) is 0 Å². The molecule has 4 nitrogen and oxygen atoms in total. The molecule has 0 atom stereocenters. The third-order valence-electron chi connectivity index (χ3n) is 3.50. The van der Waals surface area contributed by atoms with Crippen molar-refractivity contribution in [2.24, 2.45) is 0 Å². The fourth-order valence-corrected chi connectivity index (χ4v) is 3.14. The minimum absolute atomic E-state index is 0.689. The molecule has 0 aromatic heterocycles. The summed E-state index contributed by atoms with van der Waals surface area (Å²) in [6, 6.07) is 0. The van der Waals surface area contributed by atoms with Crippen LogP contribution in [0.5, 0.6) is 0 Å². The number of phosphoric ester groups is 1. The van der Waals surface area contributed by atoms with Gasteiger partial charge in [-0.15, -0.1) is 0 Å². The molecular formula is C15H33O4P. The maximum Gasteiger partial charge on any atom is 0.470 e. The van der Waals surface area contributed by atoms with Crippen molar-refractivity contribution in [2.45, 2.75) is 97.0 Å². The summed E-state index contributed by atoms with van der Waals surface area (Å²) in [6.45, 7) is 5.71. The topological polar surface area (TPSA) is 66.8 Å². The molecule has 2 N–H and O–H groups in total. The standard InChI is InChI=1S/C15H33O4P/c1-4-5-6-7-8-9-10-11-12-13-14-15(2,3)19-20(16,17)18/h4-14H2,1-3H3,(H2,16,17,18). The monoisotopic (exact) mass is 308 g/mol. The molecule has 0 spiro atoms. The largest absolute Gasteiger partial charge is 0.470 e. The number of unbranched alkanes of at least 4 members (excludes halogenated alkanes) is 9. The first-order valence-electron chi connectivity index (χ1n) is 8.03. The van der Waals surface area contributed by atoms with Crippen LogP contribution >= 0.6 is 7.82 Å². The zero-order valence-corrected chi connectivity index (χ0v) is 14.3. The van der Waals surface area contributed by atoms with Gasteiger partial charge >= 0.3 is 7.82 Å². The van der Waals surface area contributed by atoms with Gasteiger partial charge in [-0.05, 0) is 20.3 Å². The first kappa shape index (κ1) is 20.1. The van der Waals surface area contributed by atoms with Crippen molar-refractivity contribution in [1.82, 2.24) is 0 Å². The molecule has 122 valence electrons. The van der Waals surface area contributed by atoms with Gasteiger partial charge in [0.15, 0.2) is 0 Å². The van der Waals surface area contributed by atoms with Crippen molar-refractivity contribution >= 4 is 7.82 Å². The van der Waals surface area contributed by atoms with Crippen LogP contribution in [0.15, 0.2) is 0 Å². The quantitative estimate of drug-likeness (QED) is 0.363. The first-order chi connectivity index (χ1) is 9.27. The maximum atomic E-state index is 10.8. The zero-order chi connectivity index (χ0) is 15.5. The van der Waals surface area contributed by atoms with Crippen molar-refractivity contribution in [3.05, 3.63) is 0 Å². The number of rotatable bonds is 13. The molecular weight excluding hydrogens is 275 g/mol. The molecule has 0 aliphatic rings. The van der Waals surface area contributed by atoms with E-state index < -0.39 is 13.4 Å². The average Bonchev–Trinajstić information content (AvgIpc) is 2.28. The molecule has 0 aliphatic carbocycles. The highest BCUT2D eigenvalue weighted by molar-refractivity contribution is 7.46. The summed E-state index contributed by atoms with van der Waals surface area (Å²) in [6.07, 6.45) is 13.3. The van der Waals surface area contributed by atoms with Crippen LogP contribution in [0.3, 0.4) is 0 Å². The second kappa shape index (κ2) is 10.8. The Bertz CT molecular complexity index is 273. The predicted octanol–water partition coefficient (Wildman–Crippen LogP) is 5.19. The highest BCUT2D eigenvalue weighted by Crippen LogP contribution is 2.42. The lowest BCUT2D eigenvalue weighted by molar-refractivity contribution is 0.0557. The van der Waals surface area contributed by atoms with Gasteiger partial charge in [0.2, 0.25) is 0 Å². The van der Waals surface area contributed by atoms with Gasteiger partial charge in [-0.25, -0.2) is 4.57 Å². The van der Waals surface area contributed by atoms with Gasteiger partial charge < -0.3 is 9.79 Å². The predicted molar refractivity (Wildman–Crippen MR) is 83.7 cm³/mol. The van der Waals surface area contributed by atoms with E-state index in [-0.39, 0.29) is 0 Å². The molecule has 0 heterocycles. The van der Waals surface area contributed by atoms with E-state index in [0.29, 0.717) is 6.42 Å². The van der Waals surface area contributed by atoms with E-state index >= 15 is 0 Å². The number of phosphoric acid groups is 1. The van der Waals surface area contributed by atoms with Crippen molar-refractivity contribution in [1.29, 1.82) is 0 Å². The van der Waals surface area contributed by atoms with E-state index in [2.05, 4.69) is 6.92 Å². The van der Waals surface area contributed by atoms with Gasteiger partial charge in [-0.2, -0.15) is 0 Å². The maximum absolute atomic E-state index is 10.8. The molecule has 0 aromatic carbocycles. The minimum Gasteiger partial charge on any atom is -0.303 e. The van der Waals surface area contributed by atoms with Gasteiger partial charge in [-0.1, -0.05) is 71.1 Å². The van der Waals surface area contributed by atoms with Crippen LogP contribution < -0.4 is 0 Å². The summed E-state index contributed by atoms with van der Waals surface area (Å²) in [5, 5.41) is 0. The van der Waals surface area contributed by atoms with E-state index in [4.69, 9.17) is 14.3 Å². The zero-order valence-electron chi connectivity index (χ0n) is 13.4. The van der Waals surface area contributed by atoms with Crippen LogP contribution in [0.4, 0.5) is 0 Å². The summed E-state index contributed by atoms with van der Waals surface area (Å²) in [5.74, 6) is 0. The smallest absolute Gasteiger partial charge is 0.303 e. The van der Waals surface area contributed by atoms with Crippen LogP contribution in [0, 0.1) is 0 Å². The molecule has 0 bridgehead atoms. The Hall–Kier alpha value is 0.110. The molecule has 0 saturated carbocycles. The lowest BCUT2D eigenvalue weighted by Gasteiger charge is -2.25. The Morgan fingerprint density at radius 3 is 1.65 bits per heavy atom. The summed E-state index contributed by atoms with van der Waals surface area (Å²) in [5.41, 5.74) is -0.737. The molecule has 0 radical (unpaired) electrons. The summed E-state index contributed by atoms with van der Waals surface area (Å²) >= 11 is 0. The van der Waals surface area contributed by atoms with Crippen molar-refractivity contribution < 1.29 is 18.9 Å². The van der Waals surface area contributed by atoms with Crippen LogP contribution in [0.1, 0.15) is 91.4 Å². The highest BCUT2D eigenvalue weighted by Gasteiger charge is 2.28. The average molecular weight is 308 g/mol. The van der Waals surface area contributed by atoms with Crippen LogP contribution in [-0.2, 0) is 9.09 Å². The van der Waals surface area contributed by atoms with Crippen LogP contribution in [-0.4, -0.2) is 15.4 Å². The minimum atomic E-state index is -4.37. The fraction of sp³-hybridized carbons (Fsp3) is 1.00. The second-order valence-corrected chi connectivity index (χ2v) is 7.44. The normalized spacial score (nSPS) is 12.8. The van der Waals surface area contributed by atoms with Gasteiger partial charge in [-0.3, -0.25) is 4.52 Å². The third-order valence-corrected chi connectivity index (χ3v) is 4.23. The molecule has 0 fully saturated rings. The Kier molecular flexibility index (Phi) is 10.8. The second-order valence-electron chi connectivity index (χ2n) is 6.27. The molecule has 20 heavy (non-hydrogen) atoms. The highest BCUT2D eigenvalue weighted by atomic mass is 31.2. The molecule has 0 rings (SSSR count). The fourth-order valence-electron chi connectivity index (χ4n) is 2.41. The molecule has 0 saturated heterocycles. The Balaban J connectivity index is 3.41. The Labute approximate surface area is 124 Å². The van der Waals surface area contributed by atoms with Crippen molar-refractivity contribution in [2.75, 3.05) is 0 Å². The van der Waals surface area contributed by atoms with E-state index in [1.165, 1.54) is 51.4 Å². The number of hydrogen-bond donors (Lipinski definition) is 2. The summed E-state index contributed by atoms with van der Waals surface area (Å²) < 4.78 is 15.6. The van der Waals surface area contributed by atoms with E-state index in [0.717, 1.165) is 12.8 Å². The lowest BCUT2D eigenvalue weighted by Crippen LogP contribution is -2.22. The van der Waals surface area contributed by atoms with Gasteiger partial charge in [0.1, 0.15) is 0 Å². The summed E-state index contributed by atoms with van der Waals surface area (Å²) in [4.78, 5) is 17.6. The molecule has 0 aromatic rings. The molecule has 5 heteroatoms. The number of hydrogen-bond acceptors (Lipinski definition) is 2. The molecule has 0 unspecified atom stereocenters. The first-order valence-corrected chi connectivity index (χ1v) is 9.56. The van der Waals surface area contributed by atoms with E-state index in [1.54, 1.807) is 13.8 Å². The van der Waals surface area contributed by atoms with Crippen molar-refractivity contribution in [3.63, 3.8) is 0 Å². The van der Waals surface area contributed by atoms with Crippen LogP contribution in [0.25, 0.3) is 0 Å². The van der Waals surface area contributed by atoms with Gasteiger partial charge in [0.05, 0.1) is 5.60 Å². The molecule has 0 amide bonds. The summed E-state index contributed by atoms with van der Waals surface area (Å²) in [7, 11) is -4.37. The van der Waals surface area contributed by atoms with E-state index in [9.17, 15) is 4.57 Å². The SMILES string of the molecule is CCCCCCCCCCCCC(C)(C)OP(=O)(O)O.